The van der Waals surface area contributed by atoms with Gasteiger partial charge in [0.15, 0.2) is 0 Å². The minimum atomic E-state index is -0.289. The molecular weight excluding hydrogens is 285 g/mol. The summed E-state index contributed by atoms with van der Waals surface area (Å²) in [6.45, 7) is 4.06. The number of halogens is 2. The van der Waals surface area contributed by atoms with E-state index in [4.69, 9.17) is 5.73 Å². The van der Waals surface area contributed by atoms with Crippen molar-refractivity contribution in [2.45, 2.75) is 19.9 Å². The molecule has 1 heterocycles. The maximum Gasteiger partial charge on any atom is 0.131 e. The summed E-state index contributed by atoms with van der Waals surface area (Å²) < 4.78 is 15.5. The first-order valence-electron chi connectivity index (χ1n) is 5.28. The highest BCUT2D eigenvalue weighted by Crippen LogP contribution is 2.32. The largest absolute Gasteiger partial charge is 0.383 e. The second kappa shape index (κ2) is 4.49. The zero-order valence-corrected chi connectivity index (χ0v) is 11.2. The zero-order valence-electron chi connectivity index (χ0n) is 9.61. The van der Waals surface area contributed by atoms with Crippen LogP contribution in [0, 0.1) is 5.82 Å². The molecule has 0 fully saturated rings. The third-order valence-corrected chi connectivity index (χ3v) is 3.23. The molecule has 2 N–H and O–H groups in total. The van der Waals surface area contributed by atoms with Crippen molar-refractivity contribution in [1.82, 2.24) is 9.55 Å². The van der Waals surface area contributed by atoms with Gasteiger partial charge in [-0.3, -0.25) is 0 Å². The molecule has 0 unspecified atom stereocenters. The summed E-state index contributed by atoms with van der Waals surface area (Å²) in [5.41, 5.74) is 7.50. The lowest BCUT2D eigenvalue weighted by molar-refractivity contribution is 0.607. The van der Waals surface area contributed by atoms with Crippen LogP contribution in [-0.2, 0) is 0 Å². The minimum absolute atomic E-state index is 0.246. The molecule has 0 atom stereocenters. The molecule has 0 bridgehead atoms. The van der Waals surface area contributed by atoms with Crippen LogP contribution in [0.5, 0.6) is 0 Å². The predicted molar refractivity (Wildman–Crippen MR) is 70.1 cm³/mol. The maximum atomic E-state index is 13.0. The Balaban J connectivity index is 2.54. The lowest BCUT2D eigenvalue weighted by Crippen LogP contribution is -2.04. The molecule has 0 spiro atoms. The molecule has 1 aromatic heterocycles. The van der Waals surface area contributed by atoms with E-state index in [1.165, 1.54) is 12.1 Å². The zero-order chi connectivity index (χ0) is 12.6. The molecule has 0 aliphatic carbocycles. The van der Waals surface area contributed by atoms with Gasteiger partial charge < -0.3 is 10.3 Å². The Morgan fingerprint density at radius 1 is 1.41 bits per heavy atom. The van der Waals surface area contributed by atoms with Gasteiger partial charge in [-0.05, 0) is 48.0 Å². The monoisotopic (exact) mass is 297 g/mol. The van der Waals surface area contributed by atoms with E-state index in [9.17, 15) is 4.39 Å². The highest BCUT2D eigenvalue weighted by molar-refractivity contribution is 9.10. The molecule has 0 amide bonds. The highest BCUT2D eigenvalue weighted by atomic mass is 79.9. The number of rotatable bonds is 2. The number of hydrogen-bond donors (Lipinski definition) is 1. The van der Waals surface area contributed by atoms with Gasteiger partial charge in [0, 0.05) is 16.1 Å². The average molecular weight is 298 g/mol. The van der Waals surface area contributed by atoms with E-state index in [0.717, 1.165) is 5.56 Å². The molecule has 0 saturated heterocycles. The van der Waals surface area contributed by atoms with Crippen molar-refractivity contribution in [3.05, 3.63) is 34.8 Å². The molecule has 17 heavy (non-hydrogen) atoms. The number of imidazole rings is 1. The Bertz CT molecular complexity index is 549. The Kier molecular flexibility index (Phi) is 3.19. The molecule has 90 valence electrons. The SMILES string of the molecule is CC(C)n1cnc(-c2ccc(F)cc2Br)c1N. The summed E-state index contributed by atoms with van der Waals surface area (Å²) >= 11 is 3.32. The van der Waals surface area contributed by atoms with Crippen molar-refractivity contribution in [3.8, 4) is 11.3 Å². The number of nitrogens with two attached hydrogens (primary N) is 1. The van der Waals surface area contributed by atoms with Crippen molar-refractivity contribution >= 4 is 21.7 Å². The van der Waals surface area contributed by atoms with Crippen molar-refractivity contribution < 1.29 is 4.39 Å². The molecule has 5 heteroatoms. The van der Waals surface area contributed by atoms with E-state index < -0.39 is 0 Å². The third-order valence-electron chi connectivity index (χ3n) is 2.57. The average Bonchev–Trinajstić information content (AvgIpc) is 2.60. The van der Waals surface area contributed by atoms with Gasteiger partial charge in [0.25, 0.3) is 0 Å². The lowest BCUT2D eigenvalue weighted by atomic mass is 10.1. The van der Waals surface area contributed by atoms with Gasteiger partial charge in [-0.2, -0.15) is 0 Å². The first kappa shape index (κ1) is 12.1. The van der Waals surface area contributed by atoms with Gasteiger partial charge in [-0.1, -0.05) is 0 Å². The Morgan fingerprint density at radius 3 is 2.65 bits per heavy atom. The van der Waals surface area contributed by atoms with Gasteiger partial charge >= 0.3 is 0 Å². The van der Waals surface area contributed by atoms with E-state index >= 15 is 0 Å². The number of nitrogen functional groups attached to an aromatic ring is 1. The van der Waals surface area contributed by atoms with Crippen LogP contribution in [0.15, 0.2) is 29.0 Å². The highest BCUT2D eigenvalue weighted by Gasteiger charge is 2.14. The molecular formula is C12H13BrFN3. The molecule has 2 aromatic rings. The van der Waals surface area contributed by atoms with Crippen molar-refractivity contribution in [3.63, 3.8) is 0 Å². The summed E-state index contributed by atoms with van der Waals surface area (Å²) in [7, 11) is 0. The Hall–Kier alpha value is -1.36. The smallest absolute Gasteiger partial charge is 0.131 e. The van der Waals surface area contributed by atoms with Gasteiger partial charge in [0.1, 0.15) is 17.3 Å². The van der Waals surface area contributed by atoms with Gasteiger partial charge in [-0.25, -0.2) is 9.37 Å². The lowest BCUT2D eigenvalue weighted by Gasteiger charge is -2.09. The molecule has 2 rings (SSSR count). The molecule has 3 nitrogen and oxygen atoms in total. The molecule has 1 aromatic carbocycles. The van der Waals surface area contributed by atoms with E-state index in [2.05, 4.69) is 20.9 Å². The van der Waals surface area contributed by atoms with Gasteiger partial charge in [0.2, 0.25) is 0 Å². The van der Waals surface area contributed by atoms with Crippen LogP contribution in [-0.4, -0.2) is 9.55 Å². The fourth-order valence-electron chi connectivity index (χ4n) is 1.67. The molecule has 0 radical (unpaired) electrons. The van der Waals surface area contributed by atoms with Crippen LogP contribution in [0.4, 0.5) is 10.2 Å². The van der Waals surface area contributed by atoms with Crippen LogP contribution in [0.2, 0.25) is 0 Å². The normalized spacial score (nSPS) is 11.1. The summed E-state index contributed by atoms with van der Waals surface area (Å²) in [6.07, 6.45) is 1.70. The third kappa shape index (κ3) is 2.20. The summed E-state index contributed by atoms with van der Waals surface area (Å²) in [6, 6.07) is 4.72. The second-order valence-electron chi connectivity index (χ2n) is 4.10. The standard InChI is InChI=1S/C12H13BrFN3/c1-7(2)17-6-16-11(12(17)15)9-4-3-8(14)5-10(9)13/h3-7H,15H2,1-2H3. The second-order valence-corrected chi connectivity index (χ2v) is 4.96. The topological polar surface area (TPSA) is 43.8 Å². The fourth-order valence-corrected chi connectivity index (χ4v) is 2.21. The van der Waals surface area contributed by atoms with Crippen LogP contribution < -0.4 is 5.73 Å². The van der Waals surface area contributed by atoms with E-state index in [-0.39, 0.29) is 11.9 Å². The van der Waals surface area contributed by atoms with Gasteiger partial charge in [-0.15, -0.1) is 0 Å². The number of nitrogens with zero attached hydrogens (tertiary/aromatic N) is 2. The van der Waals surface area contributed by atoms with Crippen LogP contribution in [0.3, 0.4) is 0 Å². The number of benzene rings is 1. The molecule has 0 aliphatic heterocycles. The number of hydrogen-bond acceptors (Lipinski definition) is 2. The quantitative estimate of drug-likeness (QED) is 0.920. The van der Waals surface area contributed by atoms with Gasteiger partial charge in [0.05, 0.1) is 6.33 Å². The maximum absolute atomic E-state index is 13.0. The van der Waals surface area contributed by atoms with Crippen LogP contribution >= 0.6 is 15.9 Å². The number of anilines is 1. The first-order chi connectivity index (χ1) is 8.00. The van der Waals surface area contributed by atoms with E-state index in [1.807, 2.05) is 18.4 Å². The summed E-state index contributed by atoms with van der Waals surface area (Å²) in [4.78, 5) is 4.28. The van der Waals surface area contributed by atoms with Crippen LogP contribution in [0.25, 0.3) is 11.3 Å². The Labute approximate surface area is 108 Å². The minimum Gasteiger partial charge on any atom is -0.383 e. The summed E-state index contributed by atoms with van der Waals surface area (Å²) in [5, 5.41) is 0. The first-order valence-corrected chi connectivity index (χ1v) is 6.07. The number of aromatic nitrogens is 2. The molecule has 0 saturated carbocycles. The Morgan fingerprint density at radius 2 is 2.12 bits per heavy atom. The van der Waals surface area contributed by atoms with E-state index in [1.54, 1.807) is 12.4 Å². The summed E-state index contributed by atoms with van der Waals surface area (Å²) in [5.74, 6) is 0.301. The van der Waals surface area contributed by atoms with Crippen molar-refractivity contribution in [1.29, 1.82) is 0 Å². The van der Waals surface area contributed by atoms with Crippen molar-refractivity contribution in [2.24, 2.45) is 0 Å². The fraction of sp³-hybridized carbons (Fsp3) is 0.250. The van der Waals surface area contributed by atoms with Crippen molar-refractivity contribution in [2.75, 3.05) is 5.73 Å². The van der Waals surface area contributed by atoms with Crippen LogP contribution in [0.1, 0.15) is 19.9 Å². The predicted octanol–water partition coefficient (Wildman–Crippen LogP) is 3.61. The van der Waals surface area contributed by atoms with E-state index in [0.29, 0.717) is 16.0 Å². The molecule has 0 aliphatic rings.